The normalized spacial score (nSPS) is 22.4. The predicted molar refractivity (Wildman–Crippen MR) is 105 cm³/mol. The number of hydrogen-bond donors (Lipinski definition) is 0. The van der Waals surface area contributed by atoms with Crippen LogP contribution in [-0.2, 0) is 10.6 Å². The van der Waals surface area contributed by atoms with Crippen LogP contribution in [-0.4, -0.2) is 0 Å². The van der Waals surface area contributed by atoms with Gasteiger partial charge in [0.05, 0.1) is 0 Å². The number of rotatable bonds is 3. The SMILES string of the molecule is PC1(c2ccccc2)CCCC1(c1ccccc1)c1ccccc1. The molecule has 3 aromatic rings. The summed E-state index contributed by atoms with van der Waals surface area (Å²) in [5.74, 6) is 0. The second kappa shape index (κ2) is 6.19. The van der Waals surface area contributed by atoms with E-state index in [0.29, 0.717) is 0 Å². The second-order valence-corrected chi connectivity index (χ2v) is 7.81. The molecule has 3 aromatic carbocycles. The van der Waals surface area contributed by atoms with Crippen molar-refractivity contribution in [2.45, 2.75) is 29.8 Å². The Morgan fingerprint density at radius 2 is 0.958 bits per heavy atom. The Labute approximate surface area is 147 Å². The summed E-state index contributed by atoms with van der Waals surface area (Å²) in [7, 11) is 3.26. The monoisotopic (exact) mass is 330 g/mol. The molecule has 2 atom stereocenters. The van der Waals surface area contributed by atoms with Crippen LogP contribution in [0.2, 0.25) is 0 Å². The maximum absolute atomic E-state index is 3.26. The summed E-state index contributed by atoms with van der Waals surface area (Å²) < 4.78 is 0. The van der Waals surface area contributed by atoms with Gasteiger partial charge >= 0.3 is 0 Å². The van der Waals surface area contributed by atoms with Gasteiger partial charge in [0.25, 0.3) is 0 Å². The van der Waals surface area contributed by atoms with E-state index in [0.717, 1.165) is 0 Å². The molecule has 0 amide bonds. The predicted octanol–water partition coefficient (Wildman–Crippen LogP) is 5.93. The Morgan fingerprint density at radius 1 is 0.542 bits per heavy atom. The van der Waals surface area contributed by atoms with Gasteiger partial charge in [0.1, 0.15) is 0 Å². The fourth-order valence-corrected chi connectivity index (χ4v) is 5.49. The van der Waals surface area contributed by atoms with E-state index >= 15 is 0 Å². The lowest BCUT2D eigenvalue weighted by Crippen LogP contribution is -2.41. The maximum Gasteiger partial charge on any atom is 0.0333 e. The van der Waals surface area contributed by atoms with Crippen LogP contribution >= 0.6 is 9.24 Å². The third kappa shape index (κ3) is 2.25. The van der Waals surface area contributed by atoms with Gasteiger partial charge in [-0.05, 0) is 29.5 Å². The minimum atomic E-state index is 0.00153. The van der Waals surface area contributed by atoms with E-state index in [9.17, 15) is 0 Å². The minimum absolute atomic E-state index is 0.00153. The van der Waals surface area contributed by atoms with E-state index in [1.807, 2.05) is 0 Å². The van der Waals surface area contributed by atoms with E-state index in [-0.39, 0.29) is 10.6 Å². The van der Waals surface area contributed by atoms with Crippen molar-refractivity contribution in [3.8, 4) is 0 Å². The molecule has 0 aromatic heterocycles. The molecule has 2 unspecified atom stereocenters. The summed E-state index contributed by atoms with van der Waals surface area (Å²) >= 11 is 0. The van der Waals surface area contributed by atoms with Gasteiger partial charge in [0.15, 0.2) is 0 Å². The Bertz CT molecular complexity index is 756. The zero-order valence-corrected chi connectivity index (χ0v) is 15.0. The van der Waals surface area contributed by atoms with Gasteiger partial charge in [0.2, 0.25) is 0 Å². The molecule has 4 rings (SSSR count). The molecule has 24 heavy (non-hydrogen) atoms. The van der Waals surface area contributed by atoms with Crippen LogP contribution in [0.25, 0.3) is 0 Å². The van der Waals surface area contributed by atoms with Gasteiger partial charge in [-0.3, -0.25) is 0 Å². The van der Waals surface area contributed by atoms with E-state index in [1.165, 1.54) is 36.0 Å². The van der Waals surface area contributed by atoms with E-state index in [2.05, 4.69) is 100 Å². The van der Waals surface area contributed by atoms with Gasteiger partial charge in [-0.2, -0.15) is 0 Å². The molecule has 1 saturated carbocycles. The Balaban J connectivity index is 2.00. The van der Waals surface area contributed by atoms with Crippen LogP contribution in [0.3, 0.4) is 0 Å². The highest BCUT2D eigenvalue weighted by Gasteiger charge is 2.54. The lowest BCUT2D eigenvalue weighted by molar-refractivity contribution is 0.428. The van der Waals surface area contributed by atoms with Crippen molar-refractivity contribution in [1.82, 2.24) is 0 Å². The number of hydrogen-bond acceptors (Lipinski definition) is 0. The van der Waals surface area contributed by atoms with Gasteiger partial charge in [-0.25, -0.2) is 0 Å². The van der Waals surface area contributed by atoms with Crippen molar-refractivity contribution in [3.05, 3.63) is 108 Å². The van der Waals surface area contributed by atoms with Crippen molar-refractivity contribution in [2.24, 2.45) is 0 Å². The van der Waals surface area contributed by atoms with Crippen LogP contribution in [0.5, 0.6) is 0 Å². The number of benzene rings is 3. The van der Waals surface area contributed by atoms with E-state index in [1.54, 1.807) is 0 Å². The van der Waals surface area contributed by atoms with Gasteiger partial charge < -0.3 is 0 Å². The largest absolute Gasteiger partial charge is 0.125 e. The molecule has 0 aliphatic heterocycles. The molecule has 1 heteroatoms. The summed E-state index contributed by atoms with van der Waals surface area (Å²) in [6.45, 7) is 0. The van der Waals surface area contributed by atoms with Gasteiger partial charge in [-0.15, -0.1) is 9.24 Å². The first kappa shape index (κ1) is 15.6. The van der Waals surface area contributed by atoms with Crippen LogP contribution < -0.4 is 0 Å². The first-order valence-corrected chi connectivity index (χ1v) is 9.31. The maximum atomic E-state index is 3.26. The zero-order chi connectivity index (χ0) is 16.5. The molecule has 0 bridgehead atoms. The summed E-state index contributed by atoms with van der Waals surface area (Å²) in [5, 5.41) is 0.0248. The Morgan fingerprint density at radius 3 is 1.42 bits per heavy atom. The van der Waals surface area contributed by atoms with Crippen molar-refractivity contribution >= 4 is 9.24 Å². The fourth-order valence-electron chi connectivity index (χ4n) is 4.61. The Hall–Kier alpha value is -1.91. The topological polar surface area (TPSA) is 0 Å². The van der Waals surface area contributed by atoms with Crippen LogP contribution in [0, 0.1) is 0 Å². The molecular weight excluding hydrogens is 307 g/mol. The van der Waals surface area contributed by atoms with E-state index in [4.69, 9.17) is 0 Å². The third-order valence-electron chi connectivity index (χ3n) is 5.71. The first-order chi connectivity index (χ1) is 11.8. The highest BCUT2D eigenvalue weighted by molar-refractivity contribution is 7.18. The molecule has 0 N–H and O–H groups in total. The molecule has 1 aliphatic carbocycles. The molecule has 1 aliphatic rings. The molecule has 0 heterocycles. The molecular formula is C23H23P. The van der Waals surface area contributed by atoms with Gasteiger partial charge in [-0.1, -0.05) is 97.4 Å². The van der Waals surface area contributed by atoms with Gasteiger partial charge in [0, 0.05) is 10.6 Å². The quantitative estimate of drug-likeness (QED) is 0.522. The first-order valence-electron chi connectivity index (χ1n) is 8.73. The summed E-state index contributed by atoms with van der Waals surface area (Å²) in [6, 6.07) is 33.2. The van der Waals surface area contributed by atoms with Crippen LogP contribution in [0.15, 0.2) is 91.0 Å². The second-order valence-electron chi connectivity index (χ2n) is 6.83. The molecule has 1 fully saturated rings. The molecule has 0 radical (unpaired) electrons. The zero-order valence-electron chi connectivity index (χ0n) is 13.9. The summed E-state index contributed by atoms with van der Waals surface area (Å²) in [4.78, 5) is 0. The van der Waals surface area contributed by atoms with Crippen LogP contribution in [0.1, 0.15) is 36.0 Å². The van der Waals surface area contributed by atoms with Crippen LogP contribution in [0.4, 0.5) is 0 Å². The average Bonchev–Trinajstić information content (AvgIpc) is 3.03. The van der Waals surface area contributed by atoms with Crippen molar-refractivity contribution in [1.29, 1.82) is 0 Å². The summed E-state index contributed by atoms with van der Waals surface area (Å²) in [5.41, 5.74) is 4.27. The highest BCUT2D eigenvalue weighted by atomic mass is 31.0. The van der Waals surface area contributed by atoms with Crippen molar-refractivity contribution in [3.63, 3.8) is 0 Å². The fraction of sp³-hybridized carbons (Fsp3) is 0.217. The molecule has 0 nitrogen and oxygen atoms in total. The highest BCUT2D eigenvalue weighted by Crippen LogP contribution is 2.62. The molecule has 0 spiro atoms. The smallest absolute Gasteiger partial charge is 0.0333 e. The average molecular weight is 330 g/mol. The molecule has 0 saturated heterocycles. The lowest BCUT2D eigenvalue weighted by Gasteiger charge is -2.45. The van der Waals surface area contributed by atoms with E-state index < -0.39 is 0 Å². The standard InChI is InChI=1S/C23H23P/c24-23(21-15-8-3-9-16-21)18-10-17-22(23,19-11-4-1-5-12-19)20-13-6-2-7-14-20/h1-9,11-16H,10,17-18,24H2. The summed E-state index contributed by atoms with van der Waals surface area (Å²) in [6.07, 6.45) is 3.60. The minimum Gasteiger partial charge on any atom is -0.125 e. The molecule has 120 valence electrons. The van der Waals surface area contributed by atoms with Crippen molar-refractivity contribution in [2.75, 3.05) is 0 Å². The third-order valence-corrected chi connectivity index (χ3v) is 6.82. The lowest BCUT2D eigenvalue weighted by atomic mass is 9.64. The Kier molecular flexibility index (Phi) is 4.02. The van der Waals surface area contributed by atoms with Crippen molar-refractivity contribution < 1.29 is 0 Å².